The van der Waals surface area contributed by atoms with E-state index in [4.69, 9.17) is 4.74 Å². The second kappa shape index (κ2) is 6.96. The molecule has 0 unspecified atom stereocenters. The van der Waals surface area contributed by atoms with Crippen molar-refractivity contribution in [2.45, 2.75) is 13.0 Å². The number of rotatable bonds is 7. The summed E-state index contributed by atoms with van der Waals surface area (Å²) in [7, 11) is 0. The highest BCUT2D eigenvalue weighted by Crippen LogP contribution is 2.48. The molecule has 1 aromatic rings. The molecule has 5 nitrogen and oxygen atoms in total. The average molecular weight is 315 g/mol. The smallest absolute Gasteiger partial charge is 0.307 e. The summed E-state index contributed by atoms with van der Waals surface area (Å²) in [5.41, 5.74) is 1.09. The maximum atomic E-state index is 12.3. The molecule has 1 fully saturated rings. The first-order valence-corrected chi connectivity index (χ1v) is 7.97. The van der Waals surface area contributed by atoms with E-state index in [9.17, 15) is 14.7 Å². The highest BCUT2D eigenvalue weighted by Gasteiger charge is 2.51. The Hall–Kier alpha value is -2.14. The first-order chi connectivity index (χ1) is 11.2. The Balaban J connectivity index is 1.43. The number of carboxylic acids is 1. The second-order valence-electron chi connectivity index (χ2n) is 6.17. The fourth-order valence-corrected chi connectivity index (χ4v) is 3.64. The molecule has 122 valence electrons. The Morgan fingerprint density at radius 1 is 1.13 bits per heavy atom. The Morgan fingerprint density at radius 3 is 2.52 bits per heavy atom. The maximum Gasteiger partial charge on any atom is 0.307 e. The number of carboxylic acid groups (broad SMARTS) is 1. The predicted octanol–water partition coefficient (Wildman–Crippen LogP) is 1.84. The van der Waals surface area contributed by atoms with Gasteiger partial charge >= 0.3 is 5.97 Å². The Kier molecular flexibility index (Phi) is 4.76. The Morgan fingerprint density at radius 2 is 1.83 bits per heavy atom. The van der Waals surface area contributed by atoms with Gasteiger partial charge in [-0.1, -0.05) is 42.5 Å². The van der Waals surface area contributed by atoms with E-state index < -0.39 is 17.8 Å². The second-order valence-corrected chi connectivity index (χ2v) is 6.17. The molecule has 3 rings (SSSR count). The number of hydrogen-bond donors (Lipinski definition) is 2. The molecule has 0 aromatic heterocycles. The maximum absolute atomic E-state index is 12.3. The molecule has 2 aliphatic carbocycles. The molecule has 1 amide bonds. The molecular weight excluding hydrogens is 294 g/mol. The van der Waals surface area contributed by atoms with Crippen LogP contribution in [0.5, 0.6) is 0 Å². The van der Waals surface area contributed by atoms with Crippen LogP contribution in [0.25, 0.3) is 0 Å². The van der Waals surface area contributed by atoms with Crippen molar-refractivity contribution in [2.24, 2.45) is 23.7 Å². The predicted molar refractivity (Wildman–Crippen MR) is 84.5 cm³/mol. The molecule has 5 heteroatoms. The lowest BCUT2D eigenvalue weighted by molar-refractivity contribution is -0.147. The molecule has 0 spiro atoms. The van der Waals surface area contributed by atoms with Gasteiger partial charge in [0.2, 0.25) is 5.91 Å². The van der Waals surface area contributed by atoms with Crippen molar-refractivity contribution >= 4 is 11.9 Å². The number of allylic oxidation sites excluding steroid dienone is 2. The molecule has 1 aromatic carbocycles. The third-order valence-corrected chi connectivity index (χ3v) is 4.70. The first kappa shape index (κ1) is 15.7. The van der Waals surface area contributed by atoms with Crippen LogP contribution >= 0.6 is 0 Å². The number of aliphatic carboxylic acids is 1. The summed E-state index contributed by atoms with van der Waals surface area (Å²) in [5, 5.41) is 12.2. The highest BCUT2D eigenvalue weighted by atomic mass is 16.5. The lowest BCUT2D eigenvalue weighted by atomic mass is 9.82. The molecule has 2 bridgehead atoms. The van der Waals surface area contributed by atoms with Crippen molar-refractivity contribution in [3.05, 3.63) is 48.0 Å². The van der Waals surface area contributed by atoms with Gasteiger partial charge < -0.3 is 15.2 Å². The van der Waals surface area contributed by atoms with Crippen molar-refractivity contribution in [1.29, 1.82) is 0 Å². The molecule has 0 aliphatic heterocycles. The van der Waals surface area contributed by atoms with E-state index >= 15 is 0 Å². The van der Waals surface area contributed by atoms with Crippen LogP contribution in [0.15, 0.2) is 42.5 Å². The summed E-state index contributed by atoms with van der Waals surface area (Å²) >= 11 is 0. The largest absolute Gasteiger partial charge is 0.481 e. The summed E-state index contributed by atoms with van der Waals surface area (Å²) in [6, 6.07) is 9.83. The number of carbonyl (C=O) groups is 2. The van der Waals surface area contributed by atoms with E-state index in [0.717, 1.165) is 12.0 Å². The van der Waals surface area contributed by atoms with E-state index in [1.54, 1.807) is 0 Å². The molecule has 0 heterocycles. The zero-order valence-corrected chi connectivity index (χ0v) is 12.9. The lowest BCUT2D eigenvalue weighted by Gasteiger charge is -2.23. The molecule has 2 aliphatic rings. The van der Waals surface area contributed by atoms with Gasteiger partial charge in [-0.25, -0.2) is 0 Å². The third kappa shape index (κ3) is 3.45. The fraction of sp³-hybridized carbons (Fsp3) is 0.444. The molecule has 0 radical (unpaired) electrons. The molecule has 23 heavy (non-hydrogen) atoms. The van der Waals surface area contributed by atoms with Gasteiger partial charge in [0.25, 0.3) is 0 Å². The number of amides is 1. The van der Waals surface area contributed by atoms with Crippen LogP contribution in [-0.4, -0.2) is 30.1 Å². The summed E-state index contributed by atoms with van der Waals surface area (Å²) in [6.45, 7) is 1.32. The SMILES string of the molecule is O=C(O)[C@H]1[C@H](C(=O)NCCOCc2ccccc2)[C@H]2C=C[C@@H]1C2. The van der Waals surface area contributed by atoms with Crippen LogP contribution in [0.3, 0.4) is 0 Å². The third-order valence-electron chi connectivity index (χ3n) is 4.70. The summed E-state index contributed by atoms with van der Waals surface area (Å²) in [4.78, 5) is 23.7. The number of nitrogens with one attached hydrogen (secondary N) is 1. The van der Waals surface area contributed by atoms with E-state index in [1.807, 2.05) is 42.5 Å². The molecule has 2 N–H and O–H groups in total. The van der Waals surface area contributed by atoms with Crippen molar-refractivity contribution in [3.8, 4) is 0 Å². The number of benzene rings is 1. The van der Waals surface area contributed by atoms with Crippen molar-refractivity contribution in [2.75, 3.05) is 13.2 Å². The zero-order chi connectivity index (χ0) is 16.2. The number of carbonyl (C=O) groups excluding carboxylic acids is 1. The van der Waals surface area contributed by atoms with Crippen LogP contribution in [0.2, 0.25) is 0 Å². The zero-order valence-electron chi connectivity index (χ0n) is 12.9. The van der Waals surface area contributed by atoms with Crippen molar-refractivity contribution in [1.82, 2.24) is 5.32 Å². The lowest BCUT2D eigenvalue weighted by Crippen LogP contribution is -2.41. The van der Waals surface area contributed by atoms with Crippen molar-refractivity contribution in [3.63, 3.8) is 0 Å². The quantitative estimate of drug-likeness (QED) is 0.595. The van der Waals surface area contributed by atoms with Gasteiger partial charge in [-0.3, -0.25) is 9.59 Å². The minimum Gasteiger partial charge on any atom is -0.481 e. The van der Waals surface area contributed by atoms with Gasteiger partial charge in [-0.05, 0) is 23.8 Å². The molecule has 0 saturated heterocycles. The van der Waals surface area contributed by atoms with Crippen LogP contribution < -0.4 is 5.32 Å². The Labute approximate surface area is 135 Å². The topological polar surface area (TPSA) is 75.6 Å². The highest BCUT2D eigenvalue weighted by molar-refractivity contribution is 5.86. The standard InChI is InChI=1S/C18H21NO4/c20-17(15-13-6-7-14(10-13)16(15)18(21)22)19-8-9-23-11-12-4-2-1-3-5-12/h1-7,13-16H,8-11H2,(H,19,20)(H,21,22)/t13-,14+,15+,16+/m0/s1. The summed E-state index contributed by atoms with van der Waals surface area (Å²) in [6.07, 6.45) is 4.70. The van der Waals surface area contributed by atoms with Gasteiger partial charge in [-0.2, -0.15) is 0 Å². The van der Waals surface area contributed by atoms with Gasteiger partial charge in [0.15, 0.2) is 0 Å². The number of hydrogen-bond acceptors (Lipinski definition) is 3. The minimum atomic E-state index is -0.873. The van der Waals surface area contributed by atoms with E-state index in [-0.39, 0.29) is 17.7 Å². The normalized spacial score (nSPS) is 28.0. The van der Waals surface area contributed by atoms with E-state index in [1.165, 1.54) is 0 Å². The van der Waals surface area contributed by atoms with Crippen molar-refractivity contribution < 1.29 is 19.4 Å². The van der Waals surface area contributed by atoms with E-state index in [2.05, 4.69) is 5.32 Å². The van der Waals surface area contributed by atoms with E-state index in [0.29, 0.717) is 19.8 Å². The van der Waals surface area contributed by atoms with Gasteiger partial charge in [-0.15, -0.1) is 0 Å². The molecule has 4 atom stereocenters. The number of fused-ring (bicyclic) bond motifs is 2. The monoisotopic (exact) mass is 315 g/mol. The molecule has 1 saturated carbocycles. The first-order valence-electron chi connectivity index (χ1n) is 7.97. The average Bonchev–Trinajstić information content (AvgIpc) is 3.16. The summed E-state index contributed by atoms with van der Waals surface area (Å²) in [5.74, 6) is -2.01. The van der Waals surface area contributed by atoms with Crippen LogP contribution in [0.1, 0.15) is 12.0 Å². The Bertz CT molecular complexity index is 598. The molecular formula is C18H21NO4. The summed E-state index contributed by atoms with van der Waals surface area (Å²) < 4.78 is 5.52. The van der Waals surface area contributed by atoms with Crippen LogP contribution in [-0.2, 0) is 20.9 Å². The van der Waals surface area contributed by atoms with Crippen LogP contribution in [0.4, 0.5) is 0 Å². The minimum absolute atomic E-state index is 0.00239. The van der Waals surface area contributed by atoms with Gasteiger partial charge in [0, 0.05) is 6.54 Å². The van der Waals surface area contributed by atoms with Crippen LogP contribution in [0, 0.1) is 23.7 Å². The van der Waals surface area contributed by atoms with Gasteiger partial charge in [0.1, 0.15) is 0 Å². The fourth-order valence-electron chi connectivity index (χ4n) is 3.64. The number of ether oxygens (including phenoxy) is 1. The van der Waals surface area contributed by atoms with Gasteiger partial charge in [0.05, 0.1) is 25.0 Å².